The van der Waals surface area contributed by atoms with E-state index in [1.54, 1.807) is 22.6 Å². The highest BCUT2D eigenvalue weighted by Crippen LogP contribution is 2.25. The molecule has 0 saturated carbocycles. The van der Waals surface area contributed by atoms with Gasteiger partial charge in [-0.1, -0.05) is 0 Å². The van der Waals surface area contributed by atoms with Crippen molar-refractivity contribution < 1.29 is 13.6 Å². The molecule has 0 atom stereocenters. The van der Waals surface area contributed by atoms with Crippen LogP contribution in [0.25, 0.3) is 0 Å². The molecule has 0 bridgehead atoms. The molecule has 0 spiro atoms. The highest BCUT2D eigenvalue weighted by Gasteiger charge is 2.19. The van der Waals surface area contributed by atoms with Gasteiger partial charge in [0, 0.05) is 0 Å². The van der Waals surface area contributed by atoms with Gasteiger partial charge in [0.05, 0.1) is 11.1 Å². The Balaban J connectivity index is 3.45. The lowest BCUT2D eigenvalue weighted by atomic mass is 10.1. The fourth-order valence-electron chi connectivity index (χ4n) is 0.900. The maximum atomic E-state index is 12.4. The van der Waals surface area contributed by atoms with Crippen molar-refractivity contribution in [2.45, 2.75) is 6.43 Å². The fraction of sp³-hybridized carbons (Fsp3) is 0.125. The molecule has 0 fully saturated rings. The smallest absolute Gasteiger partial charge is 0.266 e. The number of rotatable bonds is 2. The maximum absolute atomic E-state index is 12.4. The second-order valence-corrected chi connectivity index (χ2v) is 3.82. The van der Waals surface area contributed by atoms with Crippen LogP contribution in [0.5, 0.6) is 0 Å². The number of nitrogens with zero attached hydrogens (tertiary/aromatic N) is 2. The van der Waals surface area contributed by atoms with Crippen LogP contribution in [-0.2, 0) is 0 Å². The number of aromatic nitrogens is 1. The molecule has 0 aromatic carbocycles. The van der Waals surface area contributed by atoms with Gasteiger partial charge in [-0.2, -0.15) is 5.26 Å². The van der Waals surface area contributed by atoms with Gasteiger partial charge < -0.3 is 0 Å². The predicted octanol–water partition coefficient (Wildman–Crippen LogP) is 2.87. The molecule has 15 heavy (non-hydrogen) atoms. The van der Waals surface area contributed by atoms with Gasteiger partial charge >= 0.3 is 0 Å². The first-order valence-electron chi connectivity index (χ1n) is 3.56. The third-order valence-electron chi connectivity index (χ3n) is 1.56. The first-order valence-corrected chi connectivity index (χ1v) is 5.01. The zero-order valence-corrected chi connectivity index (χ0v) is 9.88. The molecular weight excluding hydrogens is 340 g/mol. The summed E-state index contributed by atoms with van der Waals surface area (Å²) in [6, 6.07) is 2.43. The Kier molecular flexibility index (Phi) is 3.93. The topological polar surface area (TPSA) is 53.8 Å². The van der Waals surface area contributed by atoms with Crippen molar-refractivity contribution in [3.05, 3.63) is 26.6 Å². The van der Waals surface area contributed by atoms with E-state index >= 15 is 0 Å². The van der Waals surface area contributed by atoms with E-state index in [1.807, 2.05) is 0 Å². The van der Waals surface area contributed by atoms with Crippen LogP contribution in [0.3, 0.4) is 0 Å². The first-order chi connectivity index (χ1) is 6.97. The number of halogens is 4. The van der Waals surface area contributed by atoms with Gasteiger partial charge in [0.1, 0.15) is 9.77 Å². The molecule has 0 aliphatic rings. The minimum Gasteiger partial charge on any atom is -0.276 e. The van der Waals surface area contributed by atoms with Gasteiger partial charge in [0.15, 0.2) is 5.69 Å². The van der Waals surface area contributed by atoms with E-state index in [0.29, 0.717) is 0 Å². The SMILES string of the molecule is N#Cc1nc(I)c(C(=O)Cl)cc1C(F)F. The molecule has 1 aromatic rings. The third kappa shape index (κ3) is 2.60. The third-order valence-corrected chi connectivity index (χ3v) is 2.58. The summed E-state index contributed by atoms with van der Waals surface area (Å²) >= 11 is 6.82. The Bertz CT molecular complexity index is 459. The van der Waals surface area contributed by atoms with Crippen LogP contribution >= 0.6 is 34.2 Å². The van der Waals surface area contributed by atoms with Crippen LogP contribution in [0.1, 0.15) is 28.0 Å². The van der Waals surface area contributed by atoms with Crippen molar-refractivity contribution in [2.24, 2.45) is 0 Å². The average molecular weight is 342 g/mol. The summed E-state index contributed by atoms with van der Waals surface area (Å²) in [5.74, 6) is 0. The normalized spacial score (nSPS) is 10.1. The average Bonchev–Trinajstić information content (AvgIpc) is 2.16. The Morgan fingerprint density at radius 1 is 1.67 bits per heavy atom. The molecule has 1 heterocycles. The maximum Gasteiger partial charge on any atom is 0.266 e. The number of pyridine rings is 1. The van der Waals surface area contributed by atoms with Gasteiger partial charge in [0.25, 0.3) is 11.7 Å². The molecule has 0 saturated heterocycles. The van der Waals surface area contributed by atoms with Crippen molar-refractivity contribution in [3.63, 3.8) is 0 Å². The van der Waals surface area contributed by atoms with Crippen LogP contribution in [0.15, 0.2) is 6.07 Å². The predicted molar refractivity (Wildman–Crippen MR) is 56.8 cm³/mol. The number of hydrogen-bond acceptors (Lipinski definition) is 3. The van der Waals surface area contributed by atoms with Crippen molar-refractivity contribution in [3.8, 4) is 6.07 Å². The summed E-state index contributed by atoms with van der Waals surface area (Å²) in [7, 11) is 0. The molecule has 0 radical (unpaired) electrons. The lowest BCUT2D eigenvalue weighted by molar-refractivity contribution is 0.107. The standard InChI is InChI=1S/C8H2ClF2IN2O/c9-6(15)4-1-3(7(10)11)5(2-13)14-8(4)12/h1,7H. The van der Waals surface area contributed by atoms with Crippen LogP contribution < -0.4 is 0 Å². The van der Waals surface area contributed by atoms with Crippen molar-refractivity contribution >= 4 is 39.4 Å². The quantitative estimate of drug-likeness (QED) is 0.472. The van der Waals surface area contributed by atoms with Crippen molar-refractivity contribution in [2.75, 3.05) is 0 Å². The summed E-state index contributed by atoms with van der Waals surface area (Å²) in [6.45, 7) is 0. The van der Waals surface area contributed by atoms with Crippen LogP contribution in [0.2, 0.25) is 0 Å². The highest BCUT2D eigenvalue weighted by molar-refractivity contribution is 14.1. The Labute approximate surface area is 102 Å². The summed E-state index contributed by atoms with van der Waals surface area (Å²) < 4.78 is 25.0. The summed E-state index contributed by atoms with van der Waals surface area (Å²) in [5, 5.41) is 7.68. The Morgan fingerprint density at radius 3 is 2.67 bits per heavy atom. The number of nitriles is 1. The lowest BCUT2D eigenvalue weighted by Gasteiger charge is -2.05. The molecule has 1 rings (SSSR count). The van der Waals surface area contributed by atoms with Gasteiger partial charge in [0.2, 0.25) is 0 Å². The monoisotopic (exact) mass is 342 g/mol. The molecule has 78 valence electrons. The minimum atomic E-state index is -2.86. The molecule has 0 aliphatic carbocycles. The Hall–Kier alpha value is -0.810. The van der Waals surface area contributed by atoms with Crippen LogP contribution in [0, 0.1) is 15.0 Å². The highest BCUT2D eigenvalue weighted by atomic mass is 127. The second-order valence-electron chi connectivity index (χ2n) is 2.45. The van der Waals surface area contributed by atoms with E-state index in [2.05, 4.69) is 4.98 Å². The van der Waals surface area contributed by atoms with E-state index in [1.165, 1.54) is 6.07 Å². The molecule has 7 heteroatoms. The summed E-state index contributed by atoms with van der Waals surface area (Å²) in [6.07, 6.45) is -2.86. The summed E-state index contributed by atoms with van der Waals surface area (Å²) in [5.41, 5.74) is -1.09. The number of hydrogen-bond donors (Lipinski definition) is 0. The molecule has 3 nitrogen and oxygen atoms in total. The zero-order chi connectivity index (χ0) is 11.6. The van der Waals surface area contributed by atoms with Gasteiger partial charge in [-0.25, -0.2) is 13.8 Å². The van der Waals surface area contributed by atoms with Gasteiger partial charge in [-0.15, -0.1) is 0 Å². The second kappa shape index (κ2) is 4.81. The zero-order valence-electron chi connectivity index (χ0n) is 6.97. The van der Waals surface area contributed by atoms with E-state index in [4.69, 9.17) is 16.9 Å². The minimum absolute atomic E-state index is 0.119. The Morgan fingerprint density at radius 2 is 2.27 bits per heavy atom. The number of alkyl halides is 2. The largest absolute Gasteiger partial charge is 0.276 e. The molecule has 0 aliphatic heterocycles. The van der Waals surface area contributed by atoms with Crippen molar-refractivity contribution in [1.82, 2.24) is 4.98 Å². The fourth-order valence-corrected chi connectivity index (χ4v) is 1.85. The van der Waals surface area contributed by atoms with E-state index < -0.39 is 22.9 Å². The van der Waals surface area contributed by atoms with E-state index in [-0.39, 0.29) is 9.26 Å². The first kappa shape index (κ1) is 12.3. The molecule has 1 aromatic heterocycles. The lowest BCUT2D eigenvalue weighted by Crippen LogP contribution is -2.03. The van der Waals surface area contributed by atoms with Crippen molar-refractivity contribution in [1.29, 1.82) is 5.26 Å². The van der Waals surface area contributed by atoms with Gasteiger partial charge in [-0.3, -0.25) is 4.79 Å². The van der Waals surface area contributed by atoms with Crippen LogP contribution in [0.4, 0.5) is 8.78 Å². The van der Waals surface area contributed by atoms with Gasteiger partial charge in [-0.05, 0) is 40.3 Å². The number of carbonyl (C=O) groups is 1. The molecule has 0 unspecified atom stereocenters. The molecule has 0 N–H and O–H groups in total. The van der Waals surface area contributed by atoms with E-state index in [9.17, 15) is 13.6 Å². The molecular formula is C8H2ClF2IN2O. The van der Waals surface area contributed by atoms with Crippen LogP contribution in [-0.4, -0.2) is 10.2 Å². The molecule has 0 amide bonds. The van der Waals surface area contributed by atoms with E-state index in [0.717, 1.165) is 6.07 Å². The number of carbonyl (C=O) groups excluding carboxylic acids is 1. The summed E-state index contributed by atoms with van der Waals surface area (Å²) in [4.78, 5) is 14.4.